The quantitative estimate of drug-likeness (QED) is 0.808. The first-order valence-corrected chi connectivity index (χ1v) is 10.4. The minimum atomic E-state index is 0.281. The average molecular weight is 361 g/mol. The van der Waals surface area contributed by atoms with Crippen molar-refractivity contribution < 1.29 is 4.79 Å². The van der Waals surface area contributed by atoms with Crippen LogP contribution in [0.2, 0.25) is 0 Å². The summed E-state index contributed by atoms with van der Waals surface area (Å²) in [5.74, 6) is 0.838. The van der Waals surface area contributed by atoms with Crippen LogP contribution in [0.25, 0.3) is 0 Å². The van der Waals surface area contributed by atoms with Crippen LogP contribution in [0.15, 0.2) is 0 Å². The molecular weight excluding hydrogens is 324 g/mol. The van der Waals surface area contributed by atoms with Gasteiger partial charge >= 0.3 is 0 Å². The van der Waals surface area contributed by atoms with Gasteiger partial charge in [-0.05, 0) is 58.5 Å². The van der Waals surface area contributed by atoms with Crippen molar-refractivity contribution >= 4 is 5.91 Å². The summed E-state index contributed by atoms with van der Waals surface area (Å²) in [6.07, 6.45) is 10.1. The molecule has 1 amide bonds. The van der Waals surface area contributed by atoms with Crippen LogP contribution in [0.4, 0.5) is 0 Å². The lowest BCUT2D eigenvalue weighted by molar-refractivity contribution is -0.131. The van der Waals surface area contributed by atoms with Gasteiger partial charge in [0.15, 0.2) is 0 Å². The van der Waals surface area contributed by atoms with Crippen LogP contribution in [0.1, 0.15) is 68.3 Å². The molecule has 1 saturated heterocycles. The smallest absolute Gasteiger partial charge is 0.222 e. The molecule has 1 aromatic heterocycles. The first kappa shape index (κ1) is 19.4. The fourth-order valence-electron chi connectivity index (χ4n) is 4.74. The van der Waals surface area contributed by atoms with E-state index in [1.54, 1.807) is 0 Å². The fourth-order valence-corrected chi connectivity index (χ4v) is 4.74. The second kappa shape index (κ2) is 8.55. The summed E-state index contributed by atoms with van der Waals surface area (Å²) in [7, 11) is 3.90. The average Bonchev–Trinajstić information content (AvgIpc) is 2.89. The van der Waals surface area contributed by atoms with Crippen molar-refractivity contribution in [2.24, 2.45) is 13.0 Å². The zero-order valence-electron chi connectivity index (χ0n) is 17.1. The molecule has 1 aromatic rings. The molecule has 1 aliphatic carbocycles. The third-order valence-electron chi connectivity index (χ3n) is 6.68. The standard InChI is InChI=1S/C21H36N4O/c1-16-20(17(2)24(4)22-16)15-23(3)21(26)14-18-10-12-25(13-11-18)19-8-6-5-7-9-19/h18-19H,5-15H2,1-4H3. The molecule has 0 spiro atoms. The highest BCUT2D eigenvalue weighted by Gasteiger charge is 2.28. The number of nitrogens with zero attached hydrogens (tertiary/aromatic N) is 4. The van der Waals surface area contributed by atoms with Crippen LogP contribution >= 0.6 is 0 Å². The molecule has 2 aliphatic rings. The van der Waals surface area contributed by atoms with Gasteiger partial charge in [0.25, 0.3) is 0 Å². The Bertz CT molecular complexity index is 610. The highest BCUT2D eigenvalue weighted by Crippen LogP contribution is 2.28. The van der Waals surface area contributed by atoms with Crippen molar-refractivity contribution in [2.45, 2.75) is 77.8 Å². The second-order valence-electron chi connectivity index (χ2n) is 8.50. The number of rotatable bonds is 5. The van der Waals surface area contributed by atoms with Crippen LogP contribution in [-0.2, 0) is 18.4 Å². The lowest BCUT2D eigenvalue weighted by atomic mass is 9.88. The molecule has 2 heterocycles. The number of hydrogen-bond donors (Lipinski definition) is 0. The molecule has 26 heavy (non-hydrogen) atoms. The van der Waals surface area contributed by atoms with Gasteiger partial charge < -0.3 is 9.80 Å². The molecule has 1 saturated carbocycles. The molecule has 5 heteroatoms. The topological polar surface area (TPSA) is 41.4 Å². The van der Waals surface area contributed by atoms with E-state index in [0.29, 0.717) is 18.9 Å². The van der Waals surface area contributed by atoms with Gasteiger partial charge in [0, 0.05) is 44.4 Å². The van der Waals surface area contributed by atoms with Crippen LogP contribution in [0.5, 0.6) is 0 Å². The summed E-state index contributed by atoms with van der Waals surface area (Å²) >= 11 is 0. The normalized spacial score (nSPS) is 20.5. The molecule has 0 atom stereocenters. The van der Waals surface area contributed by atoms with E-state index in [1.165, 1.54) is 63.6 Å². The van der Waals surface area contributed by atoms with E-state index in [0.717, 1.165) is 17.4 Å². The summed E-state index contributed by atoms with van der Waals surface area (Å²) in [6.45, 7) is 7.15. The van der Waals surface area contributed by atoms with Crippen molar-refractivity contribution in [1.82, 2.24) is 19.6 Å². The molecule has 0 aromatic carbocycles. The Hall–Kier alpha value is -1.36. The molecule has 5 nitrogen and oxygen atoms in total. The number of carbonyl (C=O) groups excluding carboxylic acids is 1. The molecule has 0 N–H and O–H groups in total. The van der Waals surface area contributed by atoms with Gasteiger partial charge in [-0.3, -0.25) is 9.48 Å². The Kier molecular flexibility index (Phi) is 6.38. The summed E-state index contributed by atoms with van der Waals surface area (Å²) in [4.78, 5) is 17.3. The Morgan fingerprint density at radius 1 is 1.12 bits per heavy atom. The number of amides is 1. The molecule has 0 unspecified atom stereocenters. The summed E-state index contributed by atoms with van der Waals surface area (Å²) in [5.41, 5.74) is 3.38. The van der Waals surface area contributed by atoms with Crippen LogP contribution in [0, 0.1) is 19.8 Å². The van der Waals surface area contributed by atoms with Gasteiger partial charge in [0.05, 0.1) is 5.69 Å². The predicted octanol–water partition coefficient (Wildman–Crippen LogP) is 3.43. The molecule has 0 radical (unpaired) electrons. The first-order chi connectivity index (χ1) is 12.5. The summed E-state index contributed by atoms with van der Waals surface area (Å²) in [6, 6.07) is 0.819. The minimum absolute atomic E-state index is 0.281. The van der Waals surface area contributed by atoms with Gasteiger partial charge in [0.1, 0.15) is 0 Å². The maximum atomic E-state index is 12.7. The van der Waals surface area contributed by atoms with E-state index in [1.807, 2.05) is 30.6 Å². The Morgan fingerprint density at radius 3 is 2.35 bits per heavy atom. The maximum Gasteiger partial charge on any atom is 0.222 e. The van der Waals surface area contributed by atoms with Gasteiger partial charge in [0.2, 0.25) is 5.91 Å². The lowest BCUT2D eigenvalue weighted by Gasteiger charge is -2.39. The number of carbonyl (C=O) groups is 1. The second-order valence-corrected chi connectivity index (χ2v) is 8.50. The molecule has 1 aliphatic heterocycles. The largest absolute Gasteiger partial charge is 0.341 e. The zero-order chi connectivity index (χ0) is 18.7. The fraction of sp³-hybridized carbons (Fsp3) is 0.810. The summed E-state index contributed by atoms with van der Waals surface area (Å²) in [5, 5.41) is 4.46. The molecule has 146 valence electrons. The van der Waals surface area contributed by atoms with Crippen LogP contribution in [0.3, 0.4) is 0 Å². The highest BCUT2D eigenvalue weighted by molar-refractivity contribution is 5.76. The third kappa shape index (κ3) is 4.48. The first-order valence-electron chi connectivity index (χ1n) is 10.4. The number of hydrogen-bond acceptors (Lipinski definition) is 3. The SMILES string of the molecule is Cc1nn(C)c(C)c1CN(C)C(=O)CC1CCN(C2CCCCC2)CC1. The van der Waals surface area contributed by atoms with Gasteiger partial charge in [-0.15, -0.1) is 0 Å². The predicted molar refractivity (Wildman–Crippen MR) is 105 cm³/mol. The lowest BCUT2D eigenvalue weighted by Crippen LogP contribution is -2.43. The number of piperidine rings is 1. The number of likely N-dealkylation sites (tertiary alicyclic amines) is 1. The maximum absolute atomic E-state index is 12.7. The van der Waals surface area contributed by atoms with E-state index in [9.17, 15) is 4.79 Å². The third-order valence-corrected chi connectivity index (χ3v) is 6.68. The van der Waals surface area contributed by atoms with Crippen molar-refractivity contribution in [2.75, 3.05) is 20.1 Å². The van der Waals surface area contributed by atoms with Crippen molar-refractivity contribution in [3.63, 3.8) is 0 Å². The molecule has 0 bridgehead atoms. The van der Waals surface area contributed by atoms with Gasteiger partial charge in [-0.1, -0.05) is 19.3 Å². The Morgan fingerprint density at radius 2 is 1.77 bits per heavy atom. The van der Waals surface area contributed by atoms with E-state index in [-0.39, 0.29) is 5.91 Å². The Balaban J connectivity index is 1.46. The van der Waals surface area contributed by atoms with E-state index >= 15 is 0 Å². The molecule has 2 fully saturated rings. The van der Waals surface area contributed by atoms with E-state index in [2.05, 4.69) is 16.9 Å². The monoisotopic (exact) mass is 360 g/mol. The summed E-state index contributed by atoms with van der Waals surface area (Å²) < 4.78 is 1.91. The van der Waals surface area contributed by atoms with Crippen molar-refractivity contribution in [1.29, 1.82) is 0 Å². The number of aromatic nitrogens is 2. The molecule has 3 rings (SSSR count). The van der Waals surface area contributed by atoms with Gasteiger partial charge in [-0.25, -0.2) is 0 Å². The van der Waals surface area contributed by atoms with Crippen molar-refractivity contribution in [3.05, 3.63) is 17.0 Å². The van der Waals surface area contributed by atoms with E-state index < -0.39 is 0 Å². The van der Waals surface area contributed by atoms with Gasteiger partial charge in [-0.2, -0.15) is 5.10 Å². The zero-order valence-corrected chi connectivity index (χ0v) is 17.1. The molecular formula is C21H36N4O. The highest BCUT2D eigenvalue weighted by atomic mass is 16.2. The Labute approximate surface area is 158 Å². The number of aryl methyl sites for hydroxylation is 2. The van der Waals surface area contributed by atoms with Crippen molar-refractivity contribution in [3.8, 4) is 0 Å². The van der Waals surface area contributed by atoms with E-state index in [4.69, 9.17) is 0 Å². The minimum Gasteiger partial charge on any atom is -0.341 e. The van der Waals surface area contributed by atoms with Crippen LogP contribution in [-0.4, -0.2) is 51.7 Å². The van der Waals surface area contributed by atoms with Crippen LogP contribution < -0.4 is 0 Å².